The van der Waals surface area contributed by atoms with Crippen LogP contribution in [0.3, 0.4) is 0 Å². The van der Waals surface area contributed by atoms with Crippen LogP contribution >= 0.6 is 0 Å². The summed E-state index contributed by atoms with van der Waals surface area (Å²) in [6, 6.07) is 5.72. The molecule has 0 bridgehead atoms. The largest absolute Gasteiger partial charge is 0.393 e. The van der Waals surface area contributed by atoms with Gasteiger partial charge >= 0.3 is 0 Å². The molecule has 3 rings (SSSR count). The molecule has 1 saturated carbocycles. The predicted octanol–water partition coefficient (Wildman–Crippen LogP) is 2.70. The summed E-state index contributed by atoms with van der Waals surface area (Å²) >= 11 is 0. The zero-order valence-corrected chi connectivity index (χ0v) is 12.8. The maximum atomic E-state index is 14.4. The zero-order chi connectivity index (χ0) is 15.0. The first-order chi connectivity index (χ1) is 10.1. The van der Waals surface area contributed by atoms with Crippen LogP contribution in [0.4, 0.5) is 10.1 Å². The van der Waals surface area contributed by atoms with E-state index in [2.05, 4.69) is 24.1 Å². The molecule has 0 spiro atoms. The maximum Gasteiger partial charge on any atom is 0.146 e. The molecular weight excluding hydrogens is 267 g/mol. The Morgan fingerprint density at radius 3 is 2.86 bits per heavy atom. The van der Waals surface area contributed by atoms with Crippen molar-refractivity contribution in [2.24, 2.45) is 11.8 Å². The van der Waals surface area contributed by atoms with Gasteiger partial charge in [-0.05, 0) is 49.9 Å². The molecule has 0 amide bonds. The minimum atomic E-state index is -0.198. The van der Waals surface area contributed by atoms with E-state index < -0.39 is 0 Å². The lowest BCUT2D eigenvalue weighted by Gasteiger charge is -2.22. The third kappa shape index (κ3) is 2.79. The molecule has 1 heterocycles. The predicted molar refractivity (Wildman–Crippen MR) is 82.9 cm³/mol. The Morgan fingerprint density at radius 2 is 2.19 bits per heavy atom. The molecule has 0 aromatic heterocycles. The van der Waals surface area contributed by atoms with Crippen LogP contribution in [0.15, 0.2) is 18.2 Å². The van der Waals surface area contributed by atoms with Crippen LogP contribution in [0.1, 0.15) is 38.3 Å². The first-order valence-electron chi connectivity index (χ1n) is 8.06. The highest BCUT2D eigenvalue weighted by Crippen LogP contribution is 2.40. The number of anilines is 1. The number of fused-ring (bicyclic) bond motifs is 1. The van der Waals surface area contributed by atoms with Crippen molar-refractivity contribution in [3.8, 4) is 0 Å². The summed E-state index contributed by atoms with van der Waals surface area (Å²) in [5.41, 5.74) is 1.67. The van der Waals surface area contributed by atoms with Gasteiger partial charge in [0.1, 0.15) is 5.82 Å². The summed E-state index contributed by atoms with van der Waals surface area (Å²) in [5.74, 6) is 0.705. The highest BCUT2D eigenvalue weighted by Gasteiger charge is 2.42. The second kappa shape index (κ2) is 5.93. The molecule has 2 aliphatic rings. The van der Waals surface area contributed by atoms with Crippen molar-refractivity contribution in [2.45, 2.75) is 38.8 Å². The molecule has 1 aromatic rings. The molecule has 116 valence electrons. The molecule has 4 atom stereocenters. The maximum absolute atomic E-state index is 14.4. The number of aliphatic hydroxyl groups is 1. The van der Waals surface area contributed by atoms with Gasteiger partial charge in [0.2, 0.25) is 0 Å². The molecule has 4 heteroatoms. The van der Waals surface area contributed by atoms with Crippen LogP contribution in [0.25, 0.3) is 0 Å². The normalized spacial score (nSPS) is 29.7. The minimum Gasteiger partial charge on any atom is -0.393 e. The molecule has 1 saturated heterocycles. The molecule has 3 nitrogen and oxygen atoms in total. The molecule has 4 unspecified atom stereocenters. The van der Waals surface area contributed by atoms with Gasteiger partial charge in [0.15, 0.2) is 0 Å². The summed E-state index contributed by atoms with van der Waals surface area (Å²) in [4.78, 5) is 2.11. The van der Waals surface area contributed by atoms with Gasteiger partial charge in [0, 0.05) is 25.0 Å². The molecule has 21 heavy (non-hydrogen) atoms. The Kier molecular flexibility index (Phi) is 4.18. The summed E-state index contributed by atoms with van der Waals surface area (Å²) in [5, 5.41) is 13.3. The van der Waals surface area contributed by atoms with E-state index in [1.165, 1.54) is 0 Å². The molecule has 1 aliphatic carbocycles. The Bertz CT molecular complexity index is 508. The standard InChI is InChI=1S/C17H25FN2O/c1-3-19-11(2)12-4-6-16(15(18)8-12)20-9-13-5-7-17(21)14(13)10-20/h4,6,8,11,13-14,17,19,21H,3,5,7,9-10H2,1-2H3. The van der Waals surface area contributed by atoms with Crippen LogP contribution < -0.4 is 10.2 Å². The SMILES string of the molecule is CCNC(C)c1ccc(N2CC3CCC(O)C3C2)c(F)c1. The number of nitrogens with zero attached hydrogens (tertiary/aromatic N) is 1. The van der Waals surface area contributed by atoms with Crippen LogP contribution in [0, 0.1) is 17.7 Å². The van der Waals surface area contributed by atoms with Crippen LogP contribution in [-0.2, 0) is 0 Å². The van der Waals surface area contributed by atoms with Crippen molar-refractivity contribution in [3.63, 3.8) is 0 Å². The molecular formula is C17H25FN2O. The van der Waals surface area contributed by atoms with E-state index in [1.807, 2.05) is 12.1 Å². The third-order valence-electron chi connectivity index (χ3n) is 5.14. The van der Waals surface area contributed by atoms with Gasteiger partial charge in [0.05, 0.1) is 11.8 Å². The summed E-state index contributed by atoms with van der Waals surface area (Å²) in [6.07, 6.45) is 1.78. The number of rotatable bonds is 4. The van der Waals surface area contributed by atoms with Gasteiger partial charge in [-0.1, -0.05) is 13.0 Å². The van der Waals surface area contributed by atoms with E-state index in [9.17, 15) is 9.50 Å². The smallest absolute Gasteiger partial charge is 0.146 e. The van der Waals surface area contributed by atoms with E-state index >= 15 is 0 Å². The topological polar surface area (TPSA) is 35.5 Å². The van der Waals surface area contributed by atoms with Gasteiger partial charge < -0.3 is 15.3 Å². The van der Waals surface area contributed by atoms with Crippen molar-refractivity contribution < 1.29 is 9.50 Å². The van der Waals surface area contributed by atoms with Crippen molar-refractivity contribution in [3.05, 3.63) is 29.6 Å². The molecule has 2 fully saturated rings. The van der Waals surface area contributed by atoms with Crippen molar-refractivity contribution in [1.82, 2.24) is 5.32 Å². The minimum absolute atomic E-state index is 0.147. The summed E-state index contributed by atoms with van der Waals surface area (Å²) in [6.45, 7) is 6.63. The lowest BCUT2D eigenvalue weighted by molar-refractivity contribution is 0.133. The van der Waals surface area contributed by atoms with E-state index in [0.717, 1.165) is 38.0 Å². The lowest BCUT2D eigenvalue weighted by atomic mass is 10.00. The molecule has 1 aliphatic heterocycles. The first kappa shape index (κ1) is 14.8. The average Bonchev–Trinajstić information content (AvgIpc) is 3.01. The highest BCUT2D eigenvalue weighted by molar-refractivity contribution is 5.51. The van der Waals surface area contributed by atoms with E-state index in [4.69, 9.17) is 0 Å². The third-order valence-corrected chi connectivity index (χ3v) is 5.14. The van der Waals surface area contributed by atoms with E-state index in [0.29, 0.717) is 17.5 Å². The second-order valence-corrected chi connectivity index (χ2v) is 6.46. The number of hydrogen-bond acceptors (Lipinski definition) is 3. The number of nitrogens with one attached hydrogen (secondary N) is 1. The van der Waals surface area contributed by atoms with Crippen LogP contribution in [0.2, 0.25) is 0 Å². The first-order valence-corrected chi connectivity index (χ1v) is 8.06. The monoisotopic (exact) mass is 292 g/mol. The Hall–Kier alpha value is -1.13. The highest BCUT2D eigenvalue weighted by atomic mass is 19.1. The Balaban J connectivity index is 1.75. The molecule has 1 aromatic carbocycles. The van der Waals surface area contributed by atoms with Crippen LogP contribution in [-0.4, -0.2) is 30.8 Å². The number of hydrogen-bond donors (Lipinski definition) is 2. The Morgan fingerprint density at radius 1 is 1.38 bits per heavy atom. The average molecular weight is 292 g/mol. The van der Waals surface area contributed by atoms with E-state index in [1.54, 1.807) is 6.07 Å². The fourth-order valence-corrected chi connectivity index (χ4v) is 3.91. The fraction of sp³-hybridized carbons (Fsp3) is 0.647. The zero-order valence-electron chi connectivity index (χ0n) is 12.8. The van der Waals surface area contributed by atoms with Gasteiger partial charge in [-0.15, -0.1) is 0 Å². The van der Waals surface area contributed by atoms with Crippen molar-refractivity contribution in [1.29, 1.82) is 0 Å². The Labute approximate surface area is 126 Å². The number of aliphatic hydroxyl groups excluding tert-OH is 1. The molecule has 0 radical (unpaired) electrons. The second-order valence-electron chi connectivity index (χ2n) is 6.46. The van der Waals surface area contributed by atoms with Crippen molar-refractivity contribution in [2.75, 3.05) is 24.5 Å². The van der Waals surface area contributed by atoms with Crippen LogP contribution in [0.5, 0.6) is 0 Å². The van der Waals surface area contributed by atoms with E-state index in [-0.39, 0.29) is 18.0 Å². The quantitative estimate of drug-likeness (QED) is 0.895. The van der Waals surface area contributed by atoms with Crippen molar-refractivity contribution >= 4 is 5.69 Å². The number of benzene rings is 1. The van der Waals surface area contributed by atoms with Gasteiger partial charge in [-0.3, -0.25) is 0 Å². The van der Waals surface area contributed by atoms with Gasteiger partial charge in [0.25, 0.3) is 0 Å². The molecule has 2 N–H and O–H groups in total. The number of halogens is 1. The summed E-state index contributed by atoms with van der Waals surface area (Å²) in [7, 11) is 0. The lowest BCUT2D eigenvalue weighted by Crippen LogP contribution is -2.25. The fourth-order valence-electron chi connectivity index (χ4n) is 3.91. The van der Waals surface area contributed by atoms with Gasteiger partial charge in [-0.2, -0.15) is 0 Å². The van der Waals surface area contributed by atoms with Gasteiger partial charge in [-0.25, -0.2) is 4.39 Å². The summed E-state index contributed by atoms with van der Waals surface area (Å²) < 4.78 is 14.4.